The topological polar surface area (TPSA) is 101 Å². The van der Waals surface area contributed by atoms with Gasteiger partial charge in [-0.3, -0.25) is 14.3 Å². The van der Waals surface area contributed by atoms with Crippen LogP contribution < -0.4 is 16.1 Å². The summed E-state index contributed by atoms with van der Waals surface area (Å²) in [7, 11) is 3.56. The van der Waals surface area contributed by atoms with Crippen LogP contribution in [0.1, 0.15) is 23.3 Å². The number of hydrogen-bond donors (Lipinski definition) is 3. The Balaban J connectivity index is 1.81. The van der Waals surface area contributed by atoms with Crippen LogP contribution in [0.15, 0.2) is 6.20 Å². The Labute approximate surface area is 121 Å². The molecule has 0 saturated carbocycles. The lowest BCUT2D eigenvalue weighted by Gasteiger charge is -2.30. The smallest absolute Gasteiger partial charge is 0.319 e. The van der Waals surface area contributed by atoms with Crippen LogP contribution in [-0.4, -0.2) is 53.4 Å². The SMILES string of the molecule is CNCCONC(=O)[C@@H]1c2c(cnn2C)C2CN1C(=O)N2. The molecule has 3 N–H and O–H groups in total. The lowest BCUT2D eigenvalue weighted by Crippen LogP contribution is -2.44. The molecule has 0 spiro atoms. The van der Waals surface area contributed by atoms with E-state index in [1.165, 1.54) is 4.90 Å². The normalized spacial score (nSPS) is 23.0. The highest BCUT2D eigenvalue weighted by atomic mass is 16.7. The molecule has 9 heteroatoms. The molecule has 2 aliphatic heterocycles. The van der Waals surface area contributed by atoms with Gasteiger partial charge in [-0.05, 0) is 7.05 Å². The summed E-state index contributed by atoms with van der Waals surface area (Å²) >= 11 is 0. The summed E-state index contributed by atoms with van der Waals surface area (Å²) in [5, 5.41) is 9.95. The summed E-state index contributed by atoms with van der Waals surface area (Å²) in [4.78, 5) is 31.0. The molecule has 1 fully saturated rings. The van der Waals surface area contributed by atoms with Crippen molar-refractivity contribution in [3.63, 3.8) is 0 Å². The van der Waals surface area contributed by atoms with E-state index >= 15 is 0 Å². The predicted molar refractivity (Wildman–Crippen MR) is 71.9 cm³/mol. The molecular formula is C12H18N6O3. The van der Waals surface area contributed by atoms with Gasteiger partial charge in [0, 0.05) is 25.7 Å². The number of urea groups is 1. The van der Waals surface area contributed by atoms with Crippen LogP contribution in [0.25, 0.3) is 0 Å². The van der Waals surface area contributed by atoms with Crippen molar-refractivity contribution in [2.45, 2.75) is 12.1 Å². The minimum absolute atomic E-state index is 0.101. The molecule has 2 aliphatic rings. The number of amides is 3. The zero-order valence-electron chi connectivity index (χ0n) is 11.9. The number of nitrogens with one attached hydrogen (secondary N) is 3. The van der Waals surface area contributed by atoms with Crippen LogP contribution in [-0.2, 0) is 16.7 Å². The van der Waals surface area contributed by atoms with Crippen molar-refractivity contribution in [1.29, 1.82) is 0 Å². The molecule has 3 heterocycles. The highest BCUT2D eigenvalue weighted by Crippen LogP contribution is 2.38. The zero-order valence-corrected chi connectivity index (χ0v) is 11.9. The molecule has 1 saturated heterocycles. The van der Waals surface area contributed by atoms with Crippen molar-refractivity contribution in [2.24, 2.45) is 7.05 Å². The van der Waals surface area contributed by atoms with Crippen LogP contribution in [0.4, 0.5) is 4.79 Å². The molecule has 1 aromatic rings. The maximum Gasteiger partial charge on any atom is 0.319 e. The van der Waals surface area contributed by atoms with Crippen molar-refractivity contribution in [3.8, 4) is 0 Å². The number of hydrogen-bond acceptors (Lipinski definition) is 5. The van der Waals surface area contributed by atoms with E-state index in [0.29, 0.717) is 19.7 Å². The third-order valence-corrected chi connectivity index (χ3v) is 3.77. The van der Waals surface area contributed by atoms with E-state index in [2.05, 4.69) is 21.2 Å². The highest BCUT2D eigenvalue weighted by Gasteiger charge is 2.47. The maximum absolute atomic E-state index is 12.4. The van der Waals surface area contributed by atoms with Crippen LogP contribution in [0.2, 0.25) is 0 Å². The Kier molecular flexibility index (Phi) is 3.52. The first-order chi connectivity index (χ1) is 10.1. The lowest BCUT2D eigenvalue weighted by atomic mass is 9.98. The number of aryl methyl sites for hydroxylation is 1. The number of rotatable bonds is 5. The minimum Gasteiger partial charge on any atom is -0.329 e. The fraction of sp³-hybridized carbons (Fsp3) is 0.583. The zero-order chi connectivity index (χ0) is 15.0. The summed E-state index contributed by atoms with van der Waals surface area (Å²) < 4.78 is 1.63. The molecule has 2 bridgehead atoms. The summed E-state index contributed by atoms with van der Waals surface area (Å²) in [6.45, 7) is 1.43. The van der Waals surface area contributed by atoms with Crippen LogP contribution in [0.3, 0.4) is 0 Å². The molecule has 2 atom stereocenters. The third kappa shape index (κ3) is 2.24. The Morgan fingerprint density at radius 1 is 1.62 bits per heavy atom. The Morgan fingerprint density at radius 2 is 2.43 bits per heavy atom. The molecule has 0 aliphatic carbocycles. The second-order valence-electron chi connectivity index (χ2n) is 5.08. The van der Waals surface area contributed by atoms with Crippen LogP contribution in [0, 0.1) is 0 Å². The van der Waals surface area contributed by atoms with E-state index in [9.17, 15) is 9.59 Å². The van der Waals surface area contributed by atoms with Crippen LogP contribution in [0.5, 0.6) is 0 Å². The fourth-order valence-electron chi connectivity index (χ4n) is 2.77. The van der Waals surface area contributed by atoms with E-state index in [4.69, 9.17) is 4.84 Å². The van der Waals surface area contributed by atoms with Crippen molar-refractivity contribution in [1.82, 2.24) is 30.8 Å². The van der Waals surface area contributed by atoms with Gasteiger partial charge in [-0.2, -0.15) is 5.10 Å². The van der Waals surface area contributed by atoms with E-state index in [0.717, 1.165) is 11.3 Å². The molecular weight excluding hydrogens is 276 g/mol. The van der Waals surface area contributed by atoms with E-state index in [1.54, 1.807) is 25.0 Å². The molecule has 1 aromatic heterocycles. The molecule has 9 nitrogen and oxygen atoms in total. The number of aromatic nitrogens is 2. The monoisotopic (exact) mass is 294 g/mol. The Hall–Kier alpha value is -2.13. The number of nitrogens with zero attached hydrogens (tertiary/aromatic N) is 3. The minimum atomic E-state index is -0.721. The van der Waals surface area contributed by atoms with E-state index in [-0.39, 0.29) is 18.0 Å². The van der Waals surface area contributed by atoms with Crippen molar-refractivity contribution in [3.05, 3.63) is 17.5 Å². The third-order valence-electron chi connectivity index (χ3n) is 3.77. The van der Waals surface area contributed by atoms with Gasteiger partial charge in [0.15, 0.2) is 6.04 Å². The first-order valence-corrected chi connectivity index (χ1v) is 6.78. The first kappa shape index (κ1) is 13.8. The number of carbonyl (C=O) groups is 2. The summed E-state index contributed by atoms with van der Waals surface area (Å²) in [6.07, 6.45) is 1.70. The molecule has 0 aromatic carbocycles. The van der Waals surface area contributed by atoms with Crippen LogP contribution >= 0.6 is 0 Å². The van der Waals surface area contributed by atoms with E-state index in [1.807, 2.05) is 0 Å². The van der Waals surface area contributed by atoms with Gasteiger partial charge >= 0.3 is 6.03 Å². The van der Waals surface area contributed by atoms with Gasteiger partial charge in [0.25, 0.3) is 5.91 Å². The highest BCUT2D eigenvalue weighted by molar-refractivity contribution is 5.90. The summed E-state index contributed by atoms with van der Waals surface area (Å²) in [6, 6.07) is -1.07. The molecule has 114 valence electrons. The van der Waals surface area contributed by atoms with Crippen molar-refractivity contribution < 1.29 is 14.4 Å². The quantitative estimate of drug-likeness (QED) is 0.468. The van der Waals surface area contributed by atoms with Crippen molar-refractivity contribution >= 4 is 11.9 Å². The van der Waals surface area contributed by atoms with Gasteiger partial charge < -0.3 is 15.5 Å². The molecule has 1 unspecified atom stereocenters. The molecule has 0 radical (unpaired) electrons. The Morgan fingerprint density at radius 3 is 3.19 bits per heavy atom. The average molecular weight is 294 g/mol. The average Bonchev–Trinajstić information content (AvgIpc) is 2.99. The number of hydroxylamine groups is 1. The van der Waals surface area contributed by atoms with Gasteiger partial charge in [-0.1, -0.05) is 0 Å². The number of fused-ring (bicyclic) bond motifs is 4. The van der Waals surface area contributed by atoms with Gasteiger partial charge in [-0.15, -0.1) is 0 Å². The number of likely N-dealkylation sites (N-methyl/N-ethyl adjacent to an activating group) is 1. The molecule has 3 rings (SSSR count). The molecule has 3 amide bonds. The summed E-state index contributed by atoms with van der Waals surface area (Å²) in [5.74, 6) is -0.369. The van der Waals surface area contributed by atoms with Crippen molar-refractivity contribution in [2.75, 3.05) is 26.7 Å². The maximum atomic E-state index is 12.4. The molecule has 21 heavy (non-hydrogen) atoms. The van der Waals surface area contributed by atoms with E-state index < -0.39 is 6.04 Å². The van der Waals surface area contributed by atoms with Gasteiger partial charge in [-0.25, -0.2) is 10.3 Å². The van der Waals surface area contributed by atoms with Gasteiger partial charge in [0.2, 0.25) is 0 Å². The second kappa shape index (κ2) is 5.34. The largest absolute Gasteiger partial charge is 0.329 e. The predicted octanol–water partition coefficient (Wildman–Crippen LogP) is -1.19. The second-order valence-corrected chi connectivity index (χ2v) is 5.08. The Bertz CT molecular complexity index is 571. The fourth-order valence-corrected chi connectivity index (χ4v) is 2.77. The first-order valence-electron chi connectivity index (χ1n) is 6.78. The standard InChI is InChI=1S/C12H18N6O3/c1-13-3-4-21-16-11(19)10-9-7(5-14-17(9)2)8-6-18(10)12(20)15-8/h5,8,10,13H,3-4,6H2,1-2H3,(H,15,20)(H,16,19)/t8?,10-/m0/s1. The number of carbonyl (C=O) groups excluding carboxylic acids is 2. The summed E-state index contributed by atoms with van der Waals surface area (Å²) in [5.41, 5.74) is 4.01. The van der Waals surface area contributed by atoms with Gasteiger partial charge in [0.05, 0.1) is 24.5 Å². The lowest BCUT2D eigenvalue weighted by molar-refractivity contribution is -0.138. The van der Waals surface area contributed by atoms with Gasteiger partial charge in [0.1, 0.15) is 0 Å².